The second kappa shape index (κ2) is 6.37. The zero-order valence-electron chi connectivity index (χ0n) is 13.7. The molecule has 1 saturated heterocycles. The number of fused-ring (bicyclic) bond motifs is 1. The number of rotatable bonds is 3. The molecule has 6 heteroatoms. The van der Waals surface area contributed by atoms with Crippen LogP contribution in [0.1, 0.15) is 20.9 Å². The van der Waals surface area contributed by atoms with E-state index in [4.69, 9.17) is 0 Å². The van der Waals surface area contributed by atoms with Gasteiger partial charge in [0, 0.05) is 31.6 Å². The molecule has 0 atom stereocenters. The lowest BCUT2D eigenvalue weighted by Crippen LogP contribution is -2.46. The van der Waals surface area contributed by atoms with Crippen molar-refractivity contribution in [3.8, 4) is 0 Å². The molecule has 124 valence electrons. The van der Waals surface area contributed by atoms with Crippen LogP contribution >= 0.6 is 11.3 Å². The topological polar surface area (TPSA) is 50.2 Å². The number of nitrogens with one attached hydrogen (secondary N) is 1. The molecule has 1 fully saturated rings. The lowest BCUT2D eigenvalue weighted by Gasteiger charge is -2.26. The Morgan fingerprint density at radius 3 is 2.75 bits per heavy atom. The van der Waals surface area contributed by atoms with Crippen molar-refractivity contribution in [2.75, 3.05) is 26.2 Å². The van der Waals surface area contributed by atoms with Crippen molar-refractivity contribution in [2.24, 2.45) is 0 Å². The zero-order valence-corrected chi connectivity index (χ0v) is 14.5. The summed E-state index contributed by atoms with van der Waals surface area (Å²) in [6.07, 6.45) is 0. The van der Waals surface area contributed by atoms with Gasteiger partial charge in [-0.3, -0.25) is 9.48 Å². The van der Waals surface area contributed by atoms with Crippen molar-refractivity contribution < 1.29 is 4.79 Å². The Morgan fingerprint density at radius 1 is 1.25 bits per heavy atom. The standard InChI is InChI=1S/C18H20N4OS/c1-13-15-11-16(17(23)21-9-7-19-8-10-21)24-18(15)22(20-13)12-14-5-3-2-4-6-14/h2-6,11,19H,7-10,12H2,1H3. The van der Waals surface area contributed by atoms with Gasteiger partial charge in [-0.05, 0) is 18.6 Å². The van der Waals surface area contributed by atoms with Gasteiger partial charge in [-0.15, -0.1) is 11.3 Å². The number of hydrogen-bond donors (Lipinski definition) is 1. The zero-order chi connectivity index (χ0) is 16.5. The van der Waals surface area contributed by atoms with Crippen LogP contribution in [0.5, 0.6) is 0 Å². The third kappa shape index (κ3) is 2.83. The van der Waals surface area contributed by atoms with Gasteiger partial charge in [0.05, 0.1) is 17.1 Å². The molecule has 0 radical (unpaired) electrons. The Hall–Kier alpha value is -2.18. The monoisotopic (exact) mass is 340 g/mol. The molecular weight excluding hydrogens is 320 g/mol. The fourth-order valence-electron chi connectivity index (χ4n) is 3.11. The van der Waals surface area contributed by atoms with Crippen molar-refractivity contribution in [1.29, 1.82) is 0 Å². The molecule has 0 saturated carbocycles. The van der Waals surface area contributed by atoms with Crippen LogP contribution in [0, 0.1) is 6.92 Å². The number of aryl methyl sites for hydroxylation is 1. The van der Waals surface area contributed by atoms with Crippen molar-refractivity contribution >= 4 is 27.5 Å². The van der Waals surface area contributed by atoms with Crippen molar-refractivity contribution in [1.82, 2.24) is 20.0 Å². The van der Waals surface area contributed by atoms with Gasteiger partial charge in [-0.1, -0.05) is 30.3 Å². The van der Waals surface area contributed by atoms with Crippen LogP contribution in [0.25, 0.3) is 10.2 Å². The molecule has 4 rings (SSSR count). The van der Waals surface area contributed by atoms with Crippen LogP contribution in [-0.4, -0.2) is 46.8 Å². The number of piperazine rings is 1. The summed E-state index contributed by atoms with van der Waals surface area (Å²) < 4.78 is 2.01. The van der Waals surface area contributed by atoms with Crippen LogP contribution in [0.3, 0.4) is 0 Å². The minimum absolute atomic E-state index is 0.142. The highest BCUT2D eigenvalue weighted by Crippen LogP contribution is 2.29. The van der Waals surface area contributed by atoms with Crippen molar-refractivity contribution in [3.05, 3.63) is 52.5 Å². The van der Waals surface area contributed by atoms with Gasteiger partial charge in [0.2, 0.25) is 0 Å². The minimum atomic E-state index is 0.142. The van der Waals surface area contributed by atoms with Gasteiger partial charge >= 0.3 is 0 Å². The van der Waals surface area contributed by atoms with Crippen LogP contribution < -0.4 is 5.32 Å². The van der Waals surface area contributed by atoms with E-state index in [0.29, 0.717) is 0 Å². The molecule has 3 heterocycles. The third-order valence-corrected chi connectivity index (χ3v) is 5.53. The van der Waals surface area contributed by atoms with E-state index in [-0.39, 0.29) is 5.91 Å². The van der Waals surface area contributed by atoms with E-state index in [9.17, 15) is 4.79 Å². The van der Waals surface area contributed by atoms with Crippen LogP contribution in [0.4, 0.5) is 0 Å². The fraction of sp³-hybridized carbons (Fsp3) is 0.333. The van der Waals surface area contributed by atoms with Gasteiger partial charge in [-0.25, -0.2) is 0 Å². The van der Waals surface area contributed by atoms with Crippen molar-refractivity contribution in [2.45, 2.75) is 13.5 Å². The Labute approximate surface area is 144 Å². The SMILES string of the molecule is Cc1nn(Cc2ccccc2)c2sc(C(=O)N3CCNCC3)cc12. The average Bonchev–Trinajstić information content (AvgIpc) is 3.18. The smallest absolute Gasteiger partial charge is 0.264 e. The molecule has 24 heavy (non-hydrogen) atoms. The number of thiophene rings is 1. The van der Waals surface area contributed by atoms with E-state index in [1.165, 1.54) is 5.56 Å². The Balaban J connectivity index is 1.65. The maximum Gasteiger partial charge on any atom is 0.264 e. The summed E-state index contributed by atoms with van der Waals surface area (Å²) >= 11 is 1.55. The Bertz CT molecular complexity index is 862. The van der Waals surface area contributed by atoms with E-state index in [0.717, 1.165) is 53.5 Å². The molecule has 0 spiro atoms. The number of aromatic nitrogens is 2. The minimum Gasteiger partial charge on any atom is -0.335 e. The highest BCUT2D eigenvalue weighted by molar-refractivity contribution is 7.20. The molecule has 1 N–H and O–H groups in total. The Kier molecular flexibility index (Phi) is 4.08. The first-order valence-corrected chi connectivity index (χ1v) is 9.05. The maximum absolute atomic E-state index is 12.7. The van der Waals surface area contributed by atoms with E-state index in [2.05, 4.69) is 22.5 Å². The number of nitrogens with zero attached hydrogens (tertiary/aromatic N) is 3. The largest absolute Gasteiger partial charge is 0.335 e. The summed E-state index contributed by atoms with van der Waals surface area (Å²) in [6.45, 7) is 6.04. The summed E-state index contributed by atoms with van der Waals surface area (Å²) in [6, 6.07) is 12.3. The maximum atomic E-state index is 12.7. The lowest BCUT2D eigenvalue weighted by molar-refractivity contribution is 0.0741. The number of benzene rings is 1. The first kappa shape index (κ1) is 15.4. The summed E-state index contributed by atoms with van der Waals surface area (Å²) in [5.41, 5.74) is 2.20. The number of hydrogen-bond acceptors (Lipinski definition) is 4. The molecule has 3 aromatic rings. The van der Waals surface area contributed by atoms with E-state index in [1.54, 1.807) is 11.3 Å². The van der Waals surface area contributed by atoms with Gasteiger partial charge in [0.1, 0.15) is 4.83 Å². The van der Waals surface area contributed by atoms with E-state index < -0.39 is 0 Å². The molecule has 5 nitrogen and oxygen atoms in total. The first-order chi connectivity index (χ1) is 11.7. The average molecular weight is 340 g/mol. The van der Waals surface area contributed by atoms with Crippen LogP contribution in [0.2, 0.25) is 0 Å². The molecule has 1 aliphatic heterocycles. The quantitative estimate of drug-likeness (QED) is 0.797. The molecule has 0 aliphatic carbocycles. The third-order valence-electron chi connectivity index (χ3n) is 4.40. The fourth-order valence-corrected chi connectivity index (χ4v) is 4.23. The molecule has 1 amide bonds. The number of carbonyl (C=O) groups is 1. The van der Waals surface area contributed by atoms with Crippen molar-refractivity contribution in [3.63, 3.8) is 0 Å². The van der Waals surface area contributed by atoms with Gasteiger partial charge in [0.25, 0.3) is 5.91 Å². The normalized spacial score (nSPS) is 15.1. The van der Waals surface area contributed by atoms with Gasteiger partial charge in [-0.2, -0.15) is 5.10 Å². The number of carbonyl (C=O) groups excluding carboxylic acids is 1. The van der Waals surface area contributed by atoms with E-state index >= 15 is 0 Å². The summed E-state index contributed by atoms with van der Waals surface area (Å²) in [7, 11) is 0. The van der Waals surface area contributed by atoms with Gasteiger partial charge in [0.15, 0.2) is 0 Å². The molecule has 2 aromatic heterocycles. The molecule has 1 aliphatic rings. The Morgan fingerprint density at radius 2 is 2.00 bits per heavy atom. The second-order valence-electron chi connectivity index (χ2n) is 6.10. The lowest BCUT2D eigenvalue weighted by atomic mass is 10.2. The second-order valence-corrected chi connectivity index (χ2v) is 7.13. The van der Waals surface area contributed by atoms with E-state index in [1.807, 2.05) is 40.8 Å². The predicted molar refractivity (Wildman–Crippen MR) is 96.7 cm³/mol. The molecule has 0 unspecified atom stereocenters. The highest BCUT2D eigenvalue weighted by Gasteiger charge is 2.22. The molecule has 0 bridgehead atoms. The highest BCUT2D eigenvalue weighted by atomic mass is 32.1. The van der Waals surface area contributed by atoms with Crippen LogP contribution in [-0.2, 0) is 6.54 Å². The molecule has 1 aromatic carbocycles. The van der Waals surface area contributed by atoms with Crippen LogP contribution in [0.15, 0.2) is 36.4 Å². The first-order valence-electron chi connectivity index (χ1n) is 8.23. The predicted octanol–water partition coefficient (Wildman–Crippen LogP) is 2.50. The van der Waals surface area contributed by atoms with Gasteiger partial charge < -0.3 is 10.2 Å². The molecular formula is C18H20N4OS. The summed E-state index contributed by atoms with van der Waals surface area (Å²) in [5, 5.41) is 9.03. The summed E-state index contributed by atoms with van der Waals surface area (Å²) in [4.78, 5) is 16.6. The summed E-state index contributed by atoms with van der Waals surface area (Å²) in [5.74, 6) is 0.142. The number of amides is 1.